The molecule has 1 aromatic carbocycles. The van der Waals surface area contributed by atoms with Crippen LogP contribution in [0.15, 0.2) is 24.3 Å². The van der Waals surface area contributed by atoms with Crippen molar-refractivity contribution in [1.82, 2.24) is 0 Å². The molecule has 0 aliphatic carbocycles. The quantitative estimate of drug-likeness (QED) is 0.744. The molecule has 0 saturated heterocycles. The Hall–Kier alpha value is -1.00. The fraction of sp³-hybridized carbons (Fsp3) is 0.417. The molecule has 1 aromatic rings. The molecule has 4 heteroatoms. The Morgan fingerprint density at radius 1 is 1.44 bits per heavy atom. The van der Waals surface area contributed by atoms with E-state index in [1.165, 1.54) is 0 Å². The maximum absolute atomic E-state index is 10.9. The Morgan fingerprint density at radius 2 is 2.19 bits per heavy atom. The van der Waals surface area contributed by atoms with Crippen LogP contribution < -0.4 is 0 Å². The number of carbonyl (C=O) groups is 1. The van der Waals surface area contributed by atoms with Crippen molar-refractivity contribution in [3.05, 3.63) is 35.4 Å². The number of carboxylic acid groups (broad SMARTS) is 1. The van der Waals surface area contributed by atoms with Crippen molar-refractivity contribution in [2.75, 3.05) is 19.5 Å². The normalized spacial score (nSPS) is 10.3. The number of hydrogen-bond donors (Lipinski definition) is 1. The van der Waals surface area contributed by atoms with Crippen LogP contribution in [0.1, 0.15) is 22.3 Å². The van der Waals surface area contributed by atoms with E-state index < -0.39 is 5.97 Å². The minimum absolute atomic E-state index is 0.404. The first-order valence-electron chi connectivity index (χ1n) is 5.13. The monoisotopic (exact) mass is 240 g/mol. The Kier molecular flexibility index (Phi) is 5.96. The smallest absolute Gasteiger partial charge is 0.335 e. The van der Waals surface area contributed by atoms with E-state index in [0.29, 0.717) is 5.56 Å². The molecular weight excluding hydrogens is 224 g/mol. The van der Waals surface area contributed by atoms with Crippen LogP contribution in [0.5, 0.6) is 0 Å². The van der Waals surface area contributed by atoms with Crippen LogP contribution in [0.3, 0.4) is 0 Å². The number of rotatable bonds is 7. The Bertz CT molecular complexity index is 339. The van der Waals surface area contributed by atoms with E-state index in [4.69, 9.17) is 9.84 Å². The van der Waals surface area contributed by atoms with Crippen molar-refractivity contribution in [2.24, 2.45) is 0 Å². The Morgan fingerprint density at radius 3 is 2.88 bits per heavy atom. The number of benzene rings is 1. The summed E-state index contributed by atoms with van der Waals surface area (Å²) in [6.45, 7) is 0.758. The molecule has 0 saturated carbocycles. The molecule has 1 N–H and O–H groups in total. The van der Waals surface area contributed by atoms with Crippen molar-refractivity contribution < 1.29 is 14.6 Å². The van der Waals surface area contributed by atoms with Crippen LogP contribution >= 0.6 is 11.8 Å². The lowest BCUT2D eigenvalue weighted by atomic mass is 10.1. The van der Waals surface area contributed by atoms with Crippen molar-refractivity contribution >= 4 is 17.7 Å². The number of thioether (sulfide) groups is 1. The summed E-state index contributed by atoms with van der Waals surface area (Å²) in [7, 11) is 1.68. The third-order valence-electron chi connectivity index (χ3n) is 2.14. The summed E-state index contributed by atoms with van der Waals surface area (Å²) in [5.74, 6) is 0.877. The molecule has 0 unspecified atom stereocenters. The van der Waals surface area contributed by atoms with Gasteiger partial charge in [-0.1, -0.05) is 18.2 Å². The fourth-order valence-electron chi connectivity index (χ4n) is 1.34. The van der Waals surface area contributed by atoms with Gasteiger partial charge in [-0.15, -0.1) is 0 Å². The summed E-state index contributed by atoms with van der Waals surface area (Å²) in [6.07, 6.45) is 0.996. The van der Waals surface area contributed by atoms with E-state index in [1.807, 2.05) is 12.1 Å². The van der Waals surface area contributed by atoms with E-state index in [0.717, 1.165) is 30.1 Å². The first-order valence-corrected chi connectivity index (χ1v) is 6.29. The highest BCUT2D eigenvalue weighted by atomic mass is 32.2. The lowest BCUT2D eigenvalue weighted by molar-refractivity contribution is 0.0696. The van der Waals surface area contributed by atoms with Crippen LogP contribution in [0.2, 0.25) is 0 Å². The summed E-state index contributed by atoms with van der Waals surface area (Å²) < 4.78 is 4.95. The highest BCUT2D eigenvalue weighted by Gasteiger charge is 2.08. The maximum Gasteiger partial charge on any atom is 0.335 e. The zero-order valence-corrected chi connectivity index (χ0v) is 10.1. The average Bonchev–Trinajstić information content (AvgIpc) is 2.29. The fourth-order valence-corrected chi connectivity index (χ4v) is 2.28. The molecule has 0 amide bonds. The zero-order chi connectivity index (χ0) is 11.8. The van der Waals surface area contributed by atoms with Crippen LogP contribution in [0.4, 0.5) is 0 Å². The summed E-state index contributed by atoms with van der Waals surface area (Å²) >= 11 is 1.73. The standard InChI is InChI=1S/C12H16O3S/c1-15-7-4-8-16-9-10-5-2-3-6-11(10)12(13)14/h2-3,5-6H,4,7-9H2,1H3,(H,13,14). The van der Waals surface area contributed by atoms with E-state index in [9.17, 15) is 4.79 Å². The lowest BCUT2D eigenvalue weighted by Crippen LogP contribution is -2.01. The number of ether oxygens (including phenoxy) is 1. The molecular formula is C12H16O3S. The van der Waals surface area contributed by atoms with E-state index >= 15 is 0 Å². The molecule has 1 rings (SSSR count). The van der Waals surface area contributed by atoms with Gasteiger partial charge in [0.2, 0.25) is 0 Å². The van der Waals surface area contributed by atoms with Gasteiger partial charge in [-0.3, -0.25) is 0 Å². The SMILES string of the molecule is COCCCSCc1ccccc1C(=O)O. The van der Waals surface area contributed by atoms with Crippen molar-refractivity contribution in [1.29, 1.82) is 0 Å². The predicted octanol–water partition coefficient (Wildman–Crippen LogP) is 2.65. The highest BCUT2D eigenvalue weighted by Crippen LogP contribution is 2.17. The highest BCUT2D eigenvalue weighted by molar-refractivity contribution is 7.98. The Labute approximate surface area is 99.8 Å². The molecule has 0 bridgehead atoms. The average molecular weight is 240 g/mol. The molecule has 0 radical (unpaired) electrons. The largest absolute Gasteiger partial charge is 0.478 e. The molecule has 88 valence electrons. The van der Waals surface area contributed by atoms with Gasteiger partial charge in [-0.2, -0.15) is 11.8 Å². The number of methoxy groups -OCH3 is 1. The molecule has 16 heavy (non-hydrogen) atoms. The number of aromatic carboxylic acids is 1. The van der Waals surface area contributed by atoms with Crippen LogP contribution in [0, 0.1) is 0 Å². The lowest BCUT2D eigenvalue weighted by Gasteiger charge is -2.05. The van der Waals surface area contributed by atoms with Gasteiger partial charge in [0.1, 0.15) is 0 Å². The summed E-state index contributed by atoms with van der Waals surface area (Å²) in [4.78, 5) is 10.9. The van der Waals surface area contributed by atoms with Gasteiger partial charge in [0.05, 0.1) is 5.56 Å². The van der Waals surface area contributed by atoms with E-state index in [1.54, 1.807) is 31.0 Å². The summed E-state index contributed by atoms with van der Waals surface area (Å²) in [6, 6.07) is 7.14. The molecule has 0 fully saturated rings. The maximum atomic E-state index is 10.9. The molecule has 3 nitrogen and oxygen atoms in total. The van der Waals surface area contributed by atoms with Gasteiger partial charge in [-0.05, 0) is 23.8 Å². The topological polar surface area (TPSA) is 46.5 Å². The van der Waals surface area contributed by atoms with Crippen LogP contribution in [-0.4, -0.2) is 30.5 Å². The number of hydrogen-bond acceptors (Lipinski definition) is 3. The molecule has 0 heterocycles. The van der Waals surface area contributed by atoms with Gasteiger partial charge < -0.3 is 9.84 Å². The second-order valence-electron chi connectivity index (χ2n) is 3.36. The van der Waals surface area contributed by atoms with Gasteiger partial charge in [0.25, 0.3) is 0 Å². The molecule has 0 spiro atoms. The van der Waals surface area contributed by atoms with Gasteiger partial charge in [-0.25, -0.2) is 4.79 Å². The van der Waals surface area contributed by atoms with Gasteiger partial charge in [0.15, 0.2) is 0 Å². The second-order valence-corrected chi connectivity index (χ2v) is 4.47. The van der Waals surface area contributed by atoms with Gasteiger partial charge in [0, 0.05) is 19.5 Å². The van der Waals surface area contributed by atoms with Crippen LogP contribution in [0.25, 0.3) is 0 Å². The molecule has 0 aliphatic rings. The second kappa shape index (κ2) is 7.30. The third kappa shape index (κ3) is 4.24. The molecule has 0 aliphatic heterocycles. The first-order chi connectivity index (χ1) is 7.75. The van der Waals surface area contributed by atoms with Crippen molar-refractivity contribution in [3.8, 4) is 0 Å². The van der Waals surface area contributed by atoms with Gasteiger partial charge >= 0.3 is 5.97 Å². The first kappa shape index (κ1) is 13.1. The minimum atomic E-state index is -0.854. The molecule has 0 atom stereocenters. The minimum Gasteiger partial charge on any atom is -0.478 e. The zero-order valence-electron chi connectivity index (χ0n) is 9.31. The summed E-state index contributed by atoms with van der Waals surface area (Å²) in [5, 5.41) is 8.98. The van der Waals surface area contributed by atoms with Crippen LogP contribution in [-0.2, 0) is 10.5 Å². The number of carboxylic acids is 1. The molecule has 0 aromatic heterocycles. The van der Waals surface area contributed by atoms with Crippen molar-refractivity contribution in [3.63, 3.8) is 0 Å². The van der Waals surface area contributed by atoms with E-state index in [-0.39, 0.29) is 0 Å². The van der Waals surface area contributed by atoms with Crippen molar-refractivity contribution in [2.45, 2.75) is 12.2 Å². The summed E-state index contributed by atoms with van der Waals surface area (Å²) in [5.41, 5.74) is 1.29. The third-order valence-corrected chi connectivity index (χ3v) is 3.23. The Balaban J connectivity index is 2.44. The predicted molar refractivity (Wildman–Crippen MR) is 66.1 cm³/mol. The van der Waals surface area contributed by atoms with E-state index in [2.05, 4.69) is 0 Å².